The van der Waals surface area contributed by atoms with Crippen molar-refractivity contribution < 1.29 is 23.1 Å². The van der Waals surface area contributed by atoms with Crippen molar-refractivity contribution in [3.63, 3.8) is 0 Å². The van der Waals surface area contributed by atoms with Gasteiger partial charge in [-0.25, -0.2) is 4.79 Å². The Morgan fingerprint density at radius 3 is 2.71 bits per heavy atom. The normalized spacial score (nSPS) is 26.5. The zero-order valence-electron chi connectivity index (χ0n) is 10.2. The highest BCUT2D eigenvalue weighted by Crippen LogP contribution is 2.38. The first-order valence-electron chi connectivity index (χ1n) is 5.99. The summed E-state index contributed by atoms with van der Waals surface area (Å²) in [6.07, 6.45) is 1.70. The molecule has 98 valence electrons. The second-order valence-corrected chi connectivity index (χ2v) is 4.45. The number of carbonyl (C=O) groups excluding carboxylic acids is 2. The molecule has 2 atom stereocenters. The van der Waals surface area contributed by atoms with E-state index in [9.17, 15) is 18.4 Å². The maximum atomic E-state index is 13.9. The molecule has 3 nitrogen and oxygen atoms in total. The lowest BCUT2D eigenvalue weighted by atomic mass is 9.83. The van der Waals surface area contributed by atoms with E-state index in [0.29, 0.717) is 19.3 Å². The lowest BCUT2D eigenvalue weighted by molar-refractivity contribution is -0.183. The first-order valence-corrected chi connectivity index (χ1v) is 5.99. The van der Waals surface area contributed by atoms with Crippen LogP contribution in [0.1, 0.15) is 39.5 Å². The summed E-state index contributed by atoms with van der Waals surface area (Å²) in [5.74, 6) is -7.26. The molecule has 1 rings (SSSR count). The van der Waals surface area contributed by atoms with Crippen LogP contribution < -0.4 is 0 Å². The summed E-state index contributed by atoms with van der Waals surface area (Å²) in [4.78, 5) is 22.8. The summed E-state index contributed by atoms with van der Waals surface area (Å²) in [5.41, 5.74) is 0. The molecule has 0 bridgehead atoms. The second kappa shape index (κ2) is 5.56. The third-order valence-corrected chi connectivity index (χ3v) is 3.31. The van der Waals surface area contributed by atoms with Gasteiger partial charge in [-0.3, -0.25) is 4.79 Å². The molecular weight excluding hydrogens is 230 g/mol. The Bertz CT molecular complexity index is 302. The number of halogens is 2. The predicted octanol–water partition coefficient (Wildman–Crippen LogP) is 2.58. The van der Waals surface area contributed by atoms with Crippen LogP contribution in [0.5, 0.6) is 0 Å². The van der Waals surface area contributed by atoms with Crippen LogP contribution >= 0.6 is 0 Å². The fourth-order valence-corrected chi connectivity index (χ4v) is 2.24. The molecule has 0 radical (unpaired) electrons. The van der Waals surface area contributed by atoms with Crippen molar-refractivity contribution in [3.05, 3.63) is 0 Å². The van der Waals surface area contributed by atoms with Gasteiger partial charge in [0.25, 0.3) is 0 Å². The number of hydrogen-bond donors (Lipinski definition) is 0. The molecule has 17 heavy (non-hydrogen) atoms. The van der Waals surface area contributed by atoms with E-state index in [0.717, 1.165) is 0 Å². The fraction of sp³-hybridized carbons (Fsp3) is 0.833. The minimum absolute atomic E-state index is 0.0799. The highest BCUT2D eigenvalue weighted by molar-refractivity contribution is 5.84. The standard InChI is InChI=1S/C12H18F2O3/c1-3-17-11(16)12(13,14)9-6-4-5-7-10(15)8(9)2/h8-9H,3-7H2,1-2H3/t8-,9-/m0/s1. The third-order valence-electron chi connectivity index (χ3n) is 3.31. The van der Waals surface area contributed by atoms with Crippen molar-refractivity contribution in [2.75, 3.05) is 6.61 Å². The third kappa shape index (κ3) is 3.01. The Hall–Kier alpha value is -1.00. The lowest BCUT2D eigenvalue weighted by Crippen LogP contribution is -2.43. The zero-order chi connectivity index (χ0) is 13.1. The SMILES string of the molecule is CCOC(=O)C(F)(F)[C@H]1CCCCC(=O)[C@H]1C. The van der Waals surface area contributed by atoms with Crippen molar-refractivity contribution in [1.29, 1.82) is 0 Å². The van der Waals surface area contributed by atoms with Crippen LogP contribution in [0.4, 0.5) is 8.78 Å². The average molecular weight is 248 g/mol. The zero-order valence-corrected chi connectivity index (χ0v) is 10.2. The van der Waals surface area contributed by atoms with Crippen molar-refractivity contribution in [3.8, 4) is 0 Å². The van der Waals surface area contributed by atoms with Crippen LogP contribution in [0.3, 0.4) is 0 Å². The monoisotopic (exact) mass is 248 g/mol. The van der Waals surface area contributed by atoms with E-state index >= 15 is 0 Å². The number of hydrogen-bond acceptors (Lipinski definition) is 3. The molecule has 1 aliphatic carbocycles. The number of ether oxygens (including phenoxy) is 1. The smallest absolute Gasteiger partial charge is 0.377 e. The molecule has 0 aromatic carbocycles. The molecule has 1 fully saturated rings. The molecule has 0 N–H and O–H groups in total. The molecule has 0 heterocycles. The van der Waals surface area contributed by atoms with Gasteiger partial charge in [-0.1, -0.05) is 13.3 Å². The van der Waals surface area contributed by atoms with Crippen molar-refractivity contribution in [2.45, 2.75) is 45.5 Å². The van der Waals surface area contributed by atoms with Crippen molar-refractivity contribution in [1.82, 2.24) is 0 Å². The lowest BCUT2D eigenvalue weighted by Gasteiger charge is -2.27. The molecule has 0 spiro atoms. The average Bonchev–Trinajstić information content (AvgIpc) is 2.43. The Kier molecular flexibility index (Phi) is 4.60. The maximum Gasteiger partial charge on any atom is 0.377 e. The van der Waals surface area contributed by atoms with E-state index < -0.39 is 23.7 Å². The molecule has 0 unspecified atom stereocenters. The molecule has 0 aliphatic heterocycles. The van der Waals surface area contributed by atoms with E-state index in [4.69, 9.17) is 0 Å². The number of Topliss-reactive ketones (excluding diaryl/α,β-unsaturated/α-hetero) is 1. The van der Waals surface area contributed by atoms with Crippen molar-refractivity contribution >= 4 is 11.8 Å². The van der Waals surface area contributed by atoms with Gasteiger partial charge in [0.05, 0.1) is 6.61 Å². The quantitative estimate of drug-likeness (QED) is 0.569. The van der Waals surface area contributed by atoms with Crippen LogP contribution in [-0.4, -0.2) is 24.3 Å². The van der Waals surface area contributed by atoms with Crippen LogP contribution in [0.15, 0.2) is 0 Å². The molecular formula is C12H18F2O3. The highest BCUT2D eigenvalue weighted by atomic mass is 19.3. The van der Waals surface area contributed by atoms with Gasteiger partial charge in [0.1, 0.15) is 5.78 Å². The summed E-state index contributed by atoms with van der Waals surface area (Å²) >= 11 is 0. The van der Waals surface area contributed by atoms with E-state index in [1.54, 1.807) is 0 Å². The molecule has 1 aliphatic rings. The number of alkyl halides is 2. The molecule has 0 saturated heterocycles. The summed E-state index contributed by atoms with van der Waals surface area (Å²) in [5, 5.41) is 0. The summed E-state index contributed by atoms with van der Waals surface area (Å²) in [6.45, 7) is 2.88. The largest absolute Gasteiger partial charge is 0.462 e. The number of ketones is 1. The highest BCUT2D eigenvalue weighted by Gasteiger charge is 2.52. The molecule has 0 amide bonds. The Balaban J connectivity index is 2.87. The van der Waals surface area contributed by atoms with Gasteiger partial charge in [-0.05, 0) is 19.8 Å². The Morgan fingerprint density at radius 2 is 2.12 bits per heavy atom. The van der Waals surface area contributed by atoms with E-state index in [1.807, 2.05) is 0 Å². The molecule has 0 aromatic rings. The summed E-state index contributed by atoms with van der Waals surface area (Å²) < 4.78 is 32.1. The first kappa shape index (κ1) is 14.1. The minimum atomic E-state index is -3.56. The van der Waals surface area contributed by atoms with E-state index in [2.05, 4.69) is 4.74 Å². The van der Waals surface area contributed by atoms with Gasteiger partial charge >= 0.3 is 11.9 Å². The first-order chi connectivity index (χ1) is 7.91. The molecule has 1 saturated carbocycles. The maximum absolute atomic E-state index is 13.9. The van der Waals surface area contributed by atoms with Gasteiger partial charge < -0.3 is 4.74 Å². The number of carbonyl (C=O) groups is 2. The van der Waals surface area contributed by atoms with Crippen LogP contribution in [0.25, 0.3) is 0 Å². The number of rotatable bonds is 3. The Labute approximate surface area is 99.5 Å². The van der Waals surface area contributed by atoms with Gasteiger partial charge in [-0.15, -0.1) is 0 Å². The predicted molar refractivity (Wildman–Crippen MR) is 57.7 cm³/mol. The Morgan fingerprint density at radius 1 is 1.47 bits per heavy atom. The topological polar surface area (TPSA) is 43.4 Å². The number of esters is 1. The van der Waals surface area contributed by atoms with Crippen LogP contribution in [0, 0.1) is 11.8 Å². The van der Waals surface area contributed by atoms with E-state index in [1.165, 1.54) is 13.8 Å². The fourth-order valence-electron chi connectivity index (χ4n) is 2.24. The molecule has 0 aromatic heterocycles. The van der Waals surface area contributed by atoms with Gasteiger partial charge in [0, 0.05) is 18.3 Å². The van der Waals surface area contributed by atoms with Gasteiger partial charge in [0.2, 0.25) is 0 Å². The van der Waals surface area contributed by atoms with Crippen molar-refractivity contribution in [2.24, 2.45) is 11.8 Å². The van der Waals surface area contributed by atoms with Gasteiger partial charge in [-0.2, -0.15) is 8.78 Å². The molecule has 5 heteroatoms. The van der Waals surface area contributed by atoms with Crippen LogP contribution in [-0.2, 0) is 14.3 Å². The second-order valence-electron chi connectivity index (χ2n) is 4.45. The van der Waals surface area contributed by atoms with Gasteiger partial charge in [0.15, 0.2) is 0 Å². The van der Waals surface area contributed by atoms with Crippen LogP contribution in [0.2, 0.25) is 0 Å². The minimum Gasteiger partial charge on any atom is -0.462 e. The summed E-state index contributed by atoms with van der Waals surface area (Å²) in [7, 11) is 0. The summed E-state index contributed by atoms with van der Waals surface area (Å²) in [6, 6.07) is 0. The van der Waals surface area contributed by atoms with E-state index in [-0.39, 0.29) is 18.8 Å².